The van der Waals surface area contributed by atoms with Gasteiger partial charge in [-0.15, -0.1) is 0 Å². The number of nitro groups is 1. The van der Waals surface area contributed by atoms with Gasteiger partial charge >= 0.3 is 0 Å². The minimum absolute atomic E-state index is 0.136. The Balaban J connectivity index is 1.65. The lowest BCUT2D eigenvalue weighted by Gasteiger charge is -2.17. The Morgan fingerprint density at radius 1 is 1.30 bits per heavy atom. The molecule has 0 radical (unpaired) electrons. The normalized spacial score (nSPS) is 16.0. The molecule has 0 unspecified atom stereocenters. The van der Waals surface area contributed by atoms with Gasteiger partial charge in [-0.3, -0.25) is 19.7 Å². The average Bonchev–Trinajstić information content (AvgIpc) is 3.01. The van der Waals surface area contributed by atoms with Crippen molar-refractivity contribution >= 4 is 17.5 Å². The van der Waals surface area contributed by atoms with Gasteiger partial charge in [0.15, 0.2) is 0 Å². The number of amides is 2. The molecule has 8 nitrogen and oxygen atoms in total. The van der Waals surface area contributed by atoms with E-state index in [1.807, 2.05) is 6.07 Å². The maximum atomic E-state index is 12.5. The Morgan fingerprint density at radius 3 is 2.81 bits per heavy atom. The molecular formula is C19H16N4O4. The van der Waals surface area contributed by atoms with Crippen LogP contribution in [0.2, 0.25) is 0 Å². The van der Waals surface area contributed by atoms with Crippen molar-refractivity contribution in [1.29, 1.82) is 5.26 Å². The molecule has 1 N–H and O–H groups in total. The molecule has 1 saturated heterocycles. The minimum atomic E-state index is -0.670. The van der Waals surface area contributed by atoms with E-state index in [-0.39, 0.29) is 17.2 Å². The second kappa shape index (κ2) is 7.66. The van der Waals surface area contributed by atoms with Crippen LogP contribution in [0.3, 0.4) is 0 Å². The molecule has 1 aliphatic rings. The molecule has 1 fully saturated rings. The lowest BCUT2D eigenvalue weighted by Crippen LogP contribution is -2.41. The molecule has 0 aromatic heterocycles. The number of hydrogen-bond donors (Lipinski definition) is 1. The molecule has 0 saturated carbocycles. The number of nitriles is 1. The average molecular weight is 364 g/mol. The van der Waals surface area contributed by atoms with Crippen molar-refractivity contribution in [3.63, 3.8) is 0 Å². The van der Waals surface area contributed by atoms with Crippen LogP contribution in [-0.2, 0) is 11.3 Å². The summed E-state index contributed by atoms with van der Waals surface area (Å²) >= 11 is 0. The van der Waals surface area contributed by atoms with E-state index in [1.165, 1.54) is 24.3 Å². The maximum absolute atomic E-state index is 12.5. The third-order valence-electron chi connectivity index (χ3n) is 4.35. The molecule has 0 aliphatic carbocycles. The number of nitrogens with zero attached hydrogens (tertiary/aromatic N) is 3. The summed E-state index contributed by atoms with van der Waals surface area (Å²) in [6.07, 6.45) is 0.456. The van der Waals surface area contributed by atoms with Crippen molar-refractivity contribution in [2.24, 2.45) is 0 Å². The molecule has 2 aromatic rings. The van der Waals surface area contributed by atoms with E-state index in [9.17, 15) is 19.7 Å². The van der Waals surface area contributed by atoms with E-state index in [0.29, 0.717) is 25.1 Å². The molecule has 2 aromatic carbocycles. The molecular weight excluding hydrogens is 348 g/mol. The zero-order valence-electron chi connectivity index (χ0n) is 14.3. The summed E-state index contributed by atoms with van der Waals surface area (Å²) in [5.74, 6) is -0.735. The van der Waals surface area contributed by atoms with E-state index in [0.717, 1.165) is 5.56 Å². The number of nitrogens with one attached hydrogen (secondary N) is 1. The summed E-state index contributed by atoms with van der Waals surface area (Å²) in [5.41, 5.74) is 1.32. The van der Waals surface area contributed by atoms with Crippen molar-refractivity contribution in [3.05, 3.63) is 75.3 Å². The van der Waals surface area contributed by atoms with E-state index in [4.69, 9.17) is 5.26 Å². The Bertz CT molecular complexity index is 951. The molecule has 2 amide bonds. The van der Waals surface area contributed by atoms with Gasteiger partial charge in [0, 0.05) is 30.8 Å². The maximum Gasteiger partial charge on any atom is 0.270 e. The highest BCUT2D eigenvalue weighted by Gasteiger charge is 2.33. The van der Waals surface area contributed by atoms with Gasteiger partial charge in [-0.05, 0) is 30.2 Å². The molecule has 136 valence electrons. The van der Waals surface area contributed by atoms with Crippen molar-refractivity contribution < 1.29 is 14.5 Å². The van der Waals surface area contributed by atoms with Crippen molar-refractivity contribution in [2.75, 3.05) is 6.54 Å². The molecule has 3 rings (SSSR count). The number of rotatable bonds is 5. The highest BCUT2D eigenvalue weighted by molar-refractivity contribution is 5.98. The van der Waals surface area contributed by atoms with Crippen LogP contribution in [0.4, 0.5) is 5.69 Å². The first-order valence-corrected chi connectivity index (χ1v) is 8.31. The molecule has 1 aliphatic heterocycles. The molecule has 27 heavy (non-hydrogen) atoms. The van der Waals surface area contributed by atoms with Crippen molar-refractivity contribution in [3.8, 4) is 6.07 Å². The summed E-state index contributed by atoms with van der Waals surface area (Å²) in [4.78, 5) is 36.7. The quantitative estimate of drug-likeness (QED) is 0.643. The molecule has 0 bridgehead atoms. The fourth-order valence-electron chi connectivity index (χ4n) is 2.99. The molecule has 1 atom stereocenters. The van der Waals surface area contributed by atoms with Crippen LogP contribution in [0, 0.1) is 21.4 Å². The van der Waals surface area contributed by atoms with Crippen LogP contribution >= 0.6 is 0 Å². The number of benzene rings is 2. The Morgan fingerprint density at radius 2 is 2.07 bits per heavy atom. The van der Waals surface area contributed by atoms with Crippen LogP contribution < -0.4 is 5.32 Å². The van der Waals surface area contributed by atoms with Gasteiger partial charge in [-0.1, -0.05) is 18.2 Å². The number of nitro benzene ring substituents is 1. The SMILES string of the molecule is N#Cc1cccc(CN2CC[C@H](NC(=O)c3cccc([N+](=O)[O-])c3)C2=O)c1. The van der Waals surface area contributed by atoms with Gasteiger partial charge in [0.1, 0.15) is 6.04 Å². The van der Waals surface area contributed by atoms with Crippen LogP contribution in [0.15, 0.2) is 48.5 Å². The fraction of sp³-hybridized carbons (Fsp3) is 0.211. The predicted octanol–water partition coefficient (Wildman–Crippen LogP) is 2.00. The summed E-state index contributed by atoms with van der Waals surface area (Å²) in [6.45, 7) is 0.840. The predicted molar refractivity (Wildman–Crippen MR) is 95.5 cm³/mol. The highest BCUT2D eigenvalue weighted by atomic mass is 16.6. The van der Waals surface area contributed by atoms with Crippen LogP contribution in [0.25, 0.3) is 0 Å². The van der Waals surface area contributed by atoms with Gasteiger partial charge in [0.2, 0.25) is 5.91 Å². The van der Waals surface area contributed by atoms with E-state index < -0.39 is 16.9 Å². The van der Waals surface area contributed by atoms with E-state index >= 15 is 0 Å². The largest absolute Gasteiger partial charge is 0.340 e. The Hall–Kier alpha value is -3.73. The summed E-state index contributed by atoms with van der Waals surface area (Å²) in [7, 11) is 0. The first kappa shape index (κ1) is 18.1. The van der Waals surface area contributed by atoms with E-state index in [1.54, 1.807) is 23.1 Å². The third-order valence-corrected chi connectivity index (χ3v) is 4.35. The molecule has 8 heteroatoms. The Kier molecular flexibility index (Phi) is 5.13. The first-order chi connectivity index (χ1) is 13.0. The van der Waals surface area contributed by atoms with Gasteiger partial charge in [-0.25, -0.2) is 0 Å². The van der Waals surface area contributed by atoms with E-state index in [2.05, 4.69) is 11.4 Å². The summed E-state index contributed by atoms with van der Waals surface area (Å²) < 4.78 is 0. The monoisotopic (exact) mass is 364 g/mol. The first-order valence-electron chi connectivity index (χ1n) is 8.31. The van der Waals surface area contributed by atoms with Crippen LogP contribution in [0.5, 0.6) is 0 Å². The fourth-order valence-corrected chi connectivity index (χ4v) is 2.99. The van der Waals surface area contributed by atoms with Crippen LogP contribution in [0.1, 0.15) is 27.9 Å². The number of likely N-dealkylation sites (tertiary alicyclic amines) is 1. The van der Waals surface area contributed by atoms with Gasteiger partial charge in [-0.2, -0.15) is 5.26 Å². The summed E-state index contributed by atoms with van der Waals surface area (Å²) in [5, 5.41) is 22.4. The zero-order chi connectivity index (χ0) is 19.4. The molecule has 1 heterocycles. The van der Waals surface area contributed by atoms with Gasteiger partial charge in [0.05, 0.1) is 16.6 Å². The topological polar surface area (TPSA) is 116 Å². The van der Waals surface area contributed by atoms with Crippen molar-refractivity contribution in [2.45, 2.75) is 19.0 Å². The smallest absolute Gasteiger partial charge is 0.270 e. The van der Waals surface area contributed by atoms with Crippen molar-refractivity contribution in [1.82, 2.24) is 10.2 Å². The second-order valence-electron chi connectivity index (χ2n) is 6.19. The zero-order valence-corrected chi connectivity index (χ0v) is 14.3. The highest BCUT2D eigenvalue weighted by Crippen LogP contribution is 2.18. The minimum Gasteiger partial charge on any atom is -0.340 e. The number of carbonyl (C=O) groups is 2. The number of hydrogen-bond acceptors (Lipinski definition) is 5. The van der Waals surface area contributed by atoms with Gasteiger partial charge < -0.3 is 10.2 Å². The standard InChI is InChI=1S/C19H16N4O4/c20-11-13-3-1-4-14(9-13)12-22-8-7-17(19(22)25)21-18(24)15-5-2-6-16(10-15)23(26)27/h1-6,9-10,17H,7-8,12H2,(H,21,24)/t17-/m0/s1. The second-order valence-corrected chi connectivity index (χ2v) is 6.19. The molecule has 0 spiro atoms. The third kappa shape index (κ3) is 4.10. The summed E-state index contributed by atoms with van der Waals surface area (Å²) in [6, 6.07) is 13.8. The van der Waals surface area contributed by atoms with Gasteiger partial charge in [0.25, 0.3) is 11.6 Å². The lowest BCUT2D eigenvalue weighted by molar-refractivity contribution is -0.384. The van der Waals surface area contributed by atoms with Crippen LogP contribution in [-0.4, -0.2) is 34.2 Å². The number of carbonyl (C=O) groups excluding carboxylic acids is 2. The number of non-ortho nitro benzene ring substituents is 1. The Labute approximate surface area is 155 Å². The lowest BCUT2D eigenvalue weighted by atomic mass is 10.1.